The van der Waals surface area contributed by atoms with Crippen LogP contribution in [0.25, 0.3) is 10.9 Å². The Bertz CT molecular complexity index is 660. The summed E-state index contributed by atoms with van der Waals surface area (Å²) >= 11 is 0. The molecule has 1 amide bonds. The van der Waals surface area contributed by atoms with E-state index in [4.69, 9.17) is 5.11 Å². The van der Waals surface area contributed by atoms with Gasteiger partial charge >= 0.3 is 5.97 Å². The lowest BCUT2D eigenvalue weighted by Crippen LogP contribution is -2.38. The SMILES string of the molecule is Cc1[nH]c2cc(O)ccc2c1C(=O)N[C@@H](C)C(=O)O. The highest BCUT2D eigenvalue weighted by atomic mass is 16.4. The van der Waals surface area contributed by atoms with Gasteiger partial charge in [-0.2, -0.15) is 0 Å². The first-order valence-corrected chi connectivity index (χ1v) is 5.75. The quantitative estimate of drug-likeness (QED) is 0.671. The summed E-state index contributed by atoms with van der Waals surface area (Å²) in [5.41, 5.74) is 1.64. The molecule has 1 heterocycles. The Morgan fingerprint density at radius 3 is 2.68 bits per heavy atom. The fourth-order valence-corrected chi connectivity index (χ4v) is 1.94. The first-order valence-electron chi connectivity index (χ1n) is 5.75. The molecule has 1 aromatic heterocycles. The minimum Gasteiger partial charge on any atom is -0.508 e. The fourth-order valence-electron chi connectivity index (χ4n) is 1.94. The Morgan fingerprint density at radius 2 is 2.05 bits per heavy atom. The minimum atomic E-state index is -1.09. The maximum atomic E-state index is 12.1. The van der Waals surface area contributed by atoms with Crippen LogP contribution in [0.2, 0.25) is 0 Å². The van der Waals surface area contributed by atoms with E-state index in [1.54, 1.807) is 13.0 Å². The zero-order valence-electron chi connectivity index (χ0n) is 10.5. The molecule has 6 heteroatoms. The number of rotatable bonds is 3. The van der Waals surface area contributed by atoms with Crippen molar-refractivity contribution in [3.05, 3.63) is 29.5 Å². The van der Waals surface area contributed by atoms with Crippen molar-refractivity contribution >= 4 is 22.8 Å². The Balaban J connectivity index is 2.42. The van der Waals surface area contributed by atoms with Crippen LogP contribution < -0.4 is 5.32 Å². The average molecular weight is 262 g/mol. The Kier molecular flexibility index (Phi) is 3.16. The highest BCUT2D eigenvalue weighted by molar-refractivity contribution is 6.09. The van der Waals surface area contributed by atoms with Gasteiger partial charge in [-0.15, -0.1) is 0 Å². The van der Waals surface area contributed by atoms with E-state index in [-0.39, 0.29) is 5.75 Å². The monoisotopic (exact) mass is 262 g/mol. The van der Waals surface area contributed by atoms with Crippen molar-refractivity contribution in [2.75, 3.05) is 0 Å². The number of hydrogen-bond acceptors (Lipinski definition) is 3. The topological polar surface area (TPSA) is 102 Å². The van der Waals surface area contributed by atoms with Gasteiger partial charge < -0.3 is 20.5 Å². The Labute approximate surface area is 109 Å². The minimum absolute atomic E-state index is 0.0969. The lowest BCUT2D eigenvalue weighted by Gasteiger charge is -2.09. The lowest BCUT2D eigenvalue weighted by molar-refractivity contribution is -0.138. The van der Waals surface area contributed by atoms with Gasteiger partial charge in [0.1, 0.15) is 11.8 Å². The number of aromatic amines is 1. The molecule has 1 aromatic carbocycles. The number of carbonyl (C=O) groups is 2. The summed E-state index contributed by atoms with van der Waals surface area (Å²) in [7, 11) is 0. The molecule has 6 nitrogen and oxygen atoms in total. The van der Waals surface area contributed by atoms with Gasteiger partial charge in [0.15, 0.2) is 0 Å². The molecule has 0 saturated heterocycles. The van der Waals surface area contributed by atoms with E-state index in [0.717, 1.165) is 0 Å². The highest BCUT2D eigenvalue weighted by Gasteiger charge is 2.20. The van der Waals surface area contributed by atoms with Crippen LogP contribution in [0.15, 0.2) is 18.2 Å². The molecule has 1 atom stereocenters. The van der Waals surface area contributed by atoms with Gasteiger partial charge in [0.25, 0.3) is 5.91 Å². The number of H-pyrrole nitrogens is 1. The van der Waals surface area contributed by atoms with E-state index in [2.05, 4.69) is 10.3 Å². The molecule has 2 aromatic rings. The standard InChI is InChI=1S/C13H14N2O4/c1-6-11(12(17)15-7(2)13(18)19)9-4-3-8(16)5-10(9)14-6/h3-5,7,14,16H,1-2H3,(H,15,17)(H,18,19)/t7-/m0/s1. The Hall–Kier alpha value is -2.50. The first kappa shape index (κ1) is 12.9. The predicted molar refractivity (Wildman–Crippen MR) is 69.3 cm³/mol. The predicted octanol–water partition coefficient (Wildman–Crippen LogP) is 1.38. The molecule has 0 saturated carbocycles. The average Bonchev–Trinajstić information content (AvgIpc) is 2.63. The molecule has 0 radical (unpaired) electrons. The first-order chi connectivity index (χ1) is 8.90. The van der Waals surface area contributed by atoms with E-state index in [0.29, 0.717) is 22.2 Å². The number of aromatic nitrogens is 1. The molecule has 0 unspecified atom stereocenters. The van der Waals surface area contributed by atoms with Crippen molar-refractivity contribution in [2.45, 2.75) is 19.9 Å². The van der Waals surface area contributed by atoms with Gasteiger partial charge in [-0.25, -0.2) is 0 Å². The number of phenolic OH excluding ortho intramolecular Hbond substituents is 1. The summed E-state index contributed by atoms with van der Waals surface area (Å²) in [6.45, 7) is 3.12. The number of aliphatic carboxylic acids is 1. The van der Waals surface area contributed by atoms with Crippen molar-refractivity contribution < 1.29 is 19.8 Å². The number of carboxylic acid groups (broad SMARTS) is 1. The third-order valence-corrected chi connectivity index (χ3v) is 2.91. The molecule has 0 fully saturated rings. The summed E-state index contributed by atoms with van der Waals surface area (Å²) in [4.78, 5) is 25.8. The van der Waals surface area contributed by atoms with Gasteiger partial charge in [0, 0.05) is 17.1 Å². The molecule has 19 heavy (non-hydrogen) atoms. The summed E-state index contributed by atoms with van der Waals surface area (Å²) in [5, 5.41) is 21.2. The van der Waals surface area contributed by atoms with E-state index in [9.17, 15) is 14.7 Å². The largest absolute Gasteiger partial charge is 0.508 e. The number of phenols is 1. The van der Waals surface area contributed by atoms with Crippen molar-refractivity contribution in [3.8, 4) is 5.75 Å². The van der Waals surface area contributed by atoms with E-state index >= 15 is 0 Å². The molecule has 100 valence electrons. The number of hydrogen-bond donors (Lipinski definition) is 4. The zero-order chi connectivity index (χ0) is 14.2. The molecular weight excluding hydrogens is 248 g/mol. The zero-order valence-corrected chi connectivity index (χ0v) is 10.5. The number of carbonyl (C=O) groups excluding carboxylic acids is 1. The normalized spacial score (nSPS) is 12.3. The van der Waals surface area contributed by atoms with Crippen LogP contribution in [0.1, 0.15) is 23.0 Å². The van der Waals surface area contributed by atoms with Gasteiger partial charge in [0.2, 0.25) is 0 Å². The van der Waals surface area contributed by atoms with Crippen LogP contribution in [0.4, 0.5) is 0 Å². The second kappa shape index (κ2) is 4.64. The third-order valence-electron chi connectivity index (χ3n) is 2.91. The van der Waals surface area contributed by atoms with Crippen molar-refractivity contribution in [1.29, 1.82) is 0 Å². The van der Waals surface area contributed by atoms with Crippen LogP contribution >= 0.6 is 0 Å². The number of aromatic hydroxyl groups is 1. The molecule has 0 spiro atoms. The third kappa shape index (κ3) is 2.37. The van der Waals surface area contributed by atoms with Crippen molar-refractivity contribution in [1.82, 2.24) is 10.3 Å². The number of carboxylic acids is 1. The van der Waals surface area contributed by atoms with E-state index in [1.165, 1.54) is 19.1 Å². The van der Waals surface area contributed by atoms with Crippen LogP contribution in [-0.4, -0.2) is 33.1 Å². The van der Waals surface area contributed by atoms with E-state index < -0.39 is 17.9 Å². The summed E-state index contributed by atoms with van der Waals surface area (Å²) in [6, 6.07) is 3.65. The second-order valence-corrected chi connectivity index (χ2v) is 4.39. The van der Waals surface area contributed by atoms with E-state index in [1.807, 2.05) is 0 Å². The number of benzene rings is 1. The summed E-state index contributed by atoms with van der Waals surface area (Å²) < 4.78 is 0. The molecule has 0 aliphatic rings. The van der Waals surface area contributed by atoms with Crippen molar-refractivity contribution in [3.63, 3.8) is 0 Å². The smallest absolute Gasteiger partial charge is 0.325 e. The molecule has 4 N–H and O–H groups in total. The number of nitrogens with one attached hydrogen (secondary N) is 2. The lowest BCUT2D eigenvalue weighted by atomic mass is 10.1. The molecule has 0 aliphatic heterocycles. The number of amides is 1. The van der Waals surface area contributed by atoms with Gasteiger partial charge in [-0.3, -0.25) is 9.59 Å². The number of aryl methyl sites for hydroxylation is 1. The van der Waals surface area contributed by atoms with Gasteiger partial charge in [-0.1, -0.05) is 0 Å². The van der Waals surface area contributed by atoms with Crippen LogP contribution in [-0.2, 0) is 4.79 Å². The number of fused-ring (bicyclic) bond motifs is 1. The highest BCUT2D eigenvalue weighted by Crippen LogP contribution is 2.25. The maximum Gasteiger partial charge on any atom is 0.325 e. The summed E-state index contributed by atoms with van der Waals surface area (Å²) in [5.74, 6) is -1.45. The molecule has 2 rings (SSSR count). The van der Waals surface area contributed by atoms with Crippen LogP contribution in [0.5, 0.6) is 5.75 Å². The van der Waals surface area contributed by atoms with Crippen LogP contribution in [0.3, 0.4) is 0 Å². The fraction of sp³-hybridized carbons (Fsp3) is 0.231. The van der Waals surface area contributed by atoms with Gasteiger partial charge in [-0.05, 0) is 26.0 Å². The van der Waals surface area contributed by atoms with Gasteiger partial charge in [0.05, 0.1) is 11.1 Å². The molecule has 0 aliphatic carbocycles. The maximum absolute atomic E-state index is 12.1. The van der Waals surface area contributed by atoms with Crippen molar-refractivity contribution in [2.24, 2.45) is 0 Å². The molecule has 0 bridgehead atoms. The summed E-state index contributed by atoms with van der Waals surface area (Å²) in [6.07, 6.45) is 0. The molecular formula is C13H14N2O4. The van der Waals surface area contributed by atoms with Crippen LogP contribution in [0, 0.1) is 6.92 Å². The second-order valence-electron chi connectivity index (χ2n) is 4.39. The Morgan fingerprint density at radius 1 is 1.37 bits per heavy atom.